The fourth-order valence-electron chi connectivity index (χ4n) is 1.07. The molecule has 92 valence electrons. The molecule has 1 heterocycles. The molecule has 0 atom stereocenters. The van der Waals surface area contributed by atoms with Crippen LogP contribution >= 0.6 is 0 Å². The zero-order chi connectivity index (χ0) is 12.2. The van der Waals surface area contributed by atoms with Crippen molar-refractivity contribution in [1.82, 2.24) is 14.7 Å². The van der Waals surface area contributed by atoms with Gasteiger partial charge in [0.05, 0.1) is 25.5 Å². The highest BCUT2D eigenvalue weighted by Gasteiger charge is 2.20. The first-order chi connectivity index (χ1) is 7.53. The van der Waals surface area contributed by atoms with E-state index in [1.54, 1.807) is 0 Å². The van der Waals surface area contributed by atoms with E-state index >= 15 is 0 Å². The Labute approximate surface area is 93.6 Å². The highest BCUT2D eigenvalue weighted by molar-refractivity contribution is 7.89. The summed E-state index contributed by atoms with van der Waals surface area (Å²) in [6.07, 6.45) is 1.80. The van der Waals surface area contributed by atoms with E-state index in [1.807, 2.05) is 6.92 Å². The SMILES string of the molecule is CCc1ncc(S(=O)(=O)NC(CO)CO)[nH]1. The van der Waals surface area contributed by atoms with E-state index in [-0.39, 0.29) is 5.03 Å². The van der Waals surface area contributed by atoms with Crippen molar-refractivity contribution in [2.45, 2.75) is 24.4 Å². The van der Waals surface area contributed by atoms with Gasteiger partial charge in [-0.3, -0.25) is 0 Å². The number of sulfonamides is 1. The van der Waals surface area contributed by atoms with Gasteiger partial charge in [-0.25, -0.2) is 18.1 Å². The van der Waals surface area contributed by atoms with Gasteiger partial charge < -0.3 is 15.2 Å². The molecule has 0 aromatic carbocycles. The second-order valence-corrected chi connectivity index (χ2v) is 4.91. The molecule has 0 aliphatic rings. The second-order valence-electron chi connectivity index (χ2n) is 3.23. The van der Waals surface area contributed by atoms with Gasteiger partial charge in [-0.05, 0) is 0 Å². The summed E-state index contributed by atoms with van der Waals surface area (Å²) in [6.45, 7) is 0.905. The molecule has 8 heteroatoms. The largest absolute Gasteiger partial charge is 0.395 e. The number of aryl methyl sites for hydroxylation is 1. The summed E-state index contributed by atoms with van der Waals surface area (Å²) in [5, 5.41) is 17.5. The van der Waals surface area contributed by atoms with Gasteiger partial charge in [-0.2, -0.15) is 0 Å². The zero-order valence-electron chi connectivity index (χ0n) is 8.84. The maximum atomic E-state index is 11.7. The third-order valence-electron chi connectivity index (χ3n) is 1.99. The fourth-order valence-corrected chi connectivity index (χ4v) is 2.23. The lowest BCUT2D eigenvalue weighted by Gasteiger charge is -2.12. The lowest BCUT2D eigenvalue weighted by atomic mass is 10.4. The highest BCUT2D eigenvalue weighted by atomic mass is 32.2. The number of hydrogen-bond donors (Lipinski definition) is 4. The van der Waals surface area contributed by atoms with E-state index in [1.165, 1.54) is 6.20 Å². The van der Waals surface area contributed by atoms with Crippen LogP contribution in [-0.2, 0) is 16.4 Å². The molecule has 0 aliphatic carbocycles. The van der Waals surface area contributed by atoms with Crippen LogP contribution in [0, 0.1) is 0 Å². The first kappa shape index (κ1) is 13.1. The molecule has 0 saturated heterocycles. The van der Waals surface area contributed by atoms with Gasteiger partial charge in [-0.15, -0.1) is 0 Å². The molecule has 4 N–H and O–H groups in total. The Morgan fingerprint density at radius 3 is 2.56 bits per heavy atom. The molecule has 0 aliphatic heterocycles. The standard InChI is InChI=1S/C8H15N3O4S/c1-2-7-9-3-8(10-7)16(14,15)11-6(4-12)5-13/h3,6,11-13H,2,4-5H2,1H3,(H,9,10). The van der Waals surface area contributed by atoms with Crippen LogP contribution < -0.4 is 4.72 Å². The van der Waals surface area contributed by atoms with Crippen LogP contribution in [0.4, 0.5) is 0 Å². The Morgan fingerprint density at radius 2 is 2.12 bits per heavy atom. The third kappa shape index (κ3) is 3.01. The molecule has 0 spiro atoms. The van der Waals surface area contributed by atoms with Crippen LogP contribution in [0.25, 0.3) is 0 Å². The number of aromatic nitrogens is 2. The molecular weight excluding hydrogens is 234 g/mol. The first-order valence-corrected chi connectivity index (χ1v) is 6.29. The maximum Gasteiger partial charge on any atom is 0.258 e. The van der Waals surface area contributed by atoms with Gasteiger partial charge in [0.15, 0.2) is 5.03 Å². The normalized spacial score (nSPS) is 12.2. The van der Waals surface area contributed by atoms with Crippen LogP contribution in [0.5, 0.6) is 0 Å². The van der Waals surface area contributed by atoms with E-state index in [2.05, 4.69) is 14.7 Å². The van der Waals surface area contributed by atoms with E-state index in [9.17, 15) is 8.42 Å². The summed E-state index contributed by atoms with van der Waals surface area (Å²) in [5.41, 5.74) is 0. The van der Waals surface area contributed by atoms with Crippen LogP contribution in [0.3, 0.4) is 0 Å². The van der Waals surface area contributed by atoms with E-state index in [4.69, 9.17) is 10.2 Å². The lowest BCUT2D eigenvalue weighted by Crippen LogP contribution is -2.40. The predicted molar refractivity (Wildman–Crippen MR) is 56.2 cm³/mol. The Morgan fingerprint density at radius 1 is 1.50 bits per heavy atom. The first-order valence-electron chi connectivity index (χ1n) is 4.81. The van der Waals surface area contributed by atoms with Crippen molar-refractivity contribution in [2.24, 2.45) is 0 Å². The number of aliphatic hydroxyl groups excluding tert-OH is 2. The summed E-state index contributed by atoms with van der Waals surface area (Å²) in [6, 6.07) is -0.904. The molecular formula is C8H15N3O4S. The Balaban J connectivity index is 2.85. The van der Waals surface area contributed by atoms with Gasteiger partial charge in [0.25, 0.3) is 10.0 Å². The number of hydrogen-bond acceptors (Lipinski definition) is 5. The van der Waals surface area contributed by atoms with Crippen LogP contribution in [0.2, 0.25) is 0 Å². The number of rotatable bonds is 6. The number of nitrogens with one attached hydrogen (secondary N) is 2. The Hall–Kier alpha value is -0.960. The van der Waals surface area contributed by atoms with Crippen molar-refractivity contribution in [1.29, 1.82) is 0 Å². The summed E-state index contributed by atoms with van der Waals surface area (Å²) in [7, 11) is -3.76. The number of aliphatic hydroxyl groups is 2. The van der Waals surface area contributed by atoms with E-state index in [0.717, 1.165) is 0 Å². The van der Waals surface area contributed by atoms with Gasteiger partial charge in [0, 0.05) is 6.42 Å². The van der Waals surface area contributed by atoms with E-state index in [0.29, 0.717) is 12.2 Å². The molecule has 1 rings (SSSR count). The molecule has 0 amide bonds. The molecule has 0 unspecified atom stereocenters. The molecule has 0 fully saturated rings. The number of nitrogens with zero attached hydrogens (tertiary/aromatic N) is 1. The summed E-state index contributed by atoms with van der Waals surface area (Å²) >= 11 is 0. The molecule has 0 saturated carbocycles. The minimum atomic E-state index is -3.76. The number of imidazole rings is 1. The van der Waals surface area contributed by atoms with Crippen LogP contribution in [0.1, 0.15) is 12.7 Å². The minimum Gasteiger partial charge on any atom is -0.395 e. The predicted octanol–water partition coefficient (Wildman–Crippen LogP) is -1.40. The summed E-state index contributed by atoms with van der Waals surface area (Å²) in [4.78, 5) is 6.49. The van der Waals surface area contributed by atoms with Crippen molar-refractivity contribution >= 4 is 10.0 Å². The smallest absolute Gasteiger partial charge is 0.258 e. The zero-order valence-corrected chi connectivity index (χ0v) is 9.66. The average molecular weight is 249 g/mol. The monoisotopic (exact) mass is 249 g/mol. The van der Waals surface area contributed by atoms with Gasteiger partial charge in [0.2, 0.25) is 0 Å². The Kier molecular flexibility index (Phi) is 4.42. The molecule has 0 bridgehead atoms. The number of aromatic amines is 1. The van der Waals surface area contributed by atoms with E-state index < -0.39 is 29.3 Å². The molecule has 0 radical (unpaired) electrons. The highest BCUT2D eigenvalue weighted by Crippen LogP contribution is 2.06. The lowest BCUT2D eigenvalue weighted by molar-refractivity contribution is 0.185. The van der Waals surface area contributed by atoms with Gasteiger partial charge in [-0.1, -0.05) is 6.92 Å². The van der Waals surface area contributed by atoms with Crippen molar-refractivity contribution in [3.05, 3.63) is 12.0 Å². The van der Waals surface area contributed by atoms with Gasteiger partial charge in [0.1, 0.15) is 5.82 Å². The second kappa shape index (κ2) is 5.39. The van der Waals surface area contributed by atoms with Crippen molar-refractivity contribution in [2.75, 3.05) is 13.2 Å². The number of H-pyrrole nitrogens is 1. The molecule has 7 nitrogen and oxygen atoms in total. The summed E-state index contributed by atoms with van der Waals surface area (Å²) < 4.78 is 25.5. The Bertz CT molecular complexity index is 424. The average Bonchev–Trinajstić information content (AvgIpc) is 2.75. The van der Waals surface area contributed by atoms with Crippen LogP contribution in [-0.4, -0.2) is 47.9 Å². The molecule has 16 heavy (non-hydrogen) atoms. The van der Waals surface area contributed by atoms with Crippen LogP contribution in [0.15, 0.2) is 11.2 Å². The quantitative estimate of drug-likeness (QED) is 0.495. The fraction of sp³-hybridized carbons (Fsp3) is 0.625. The molecule has 1 aromatic heterocycles. The van der Waals surface area contributed by atoms with Gasteiger partial charge >= 0.3 is 0 Å². The van der Waals surface area contributed by atoms with Crippen molar-refractivity contribution in [3.8, 4) is 0 Å². The minimum absolute atomic E-state index is 0.0729. The summed E-state index contributed by atoms with van der Waals surface area (Å²) in [5.74, 6) is 0.560. The molecule has 1 aromatic rings. The maximum absolute atomic E-state index is 11.7. The van der Waals surface area contributed by atoms with Crippen molar-refractivity contribution < 1.29 is 18.6 Å². The topological polar surface area (TPSA) is 115 Å². The van der Waals surface area contributed by atoms with Crippen molar-refractivity contribution in [3.63, 3.8) is 0 Å². The third-order valence-corrected chi connectivity index (χ3v) is 3.42.